The largest absolute Gasteiger partial charge is 0.378 e. The Kier molecular flexibility index (Phi) is 4.44. The Labute approximate surface area is 121 Å². The van der Waals surface area contributed by atoms with Crippen LogP contribution in [0.1, 0.15) is 5.82 Å². The van der Waals surface area contributed by atoms with E-state index in [2.05, 4.69) is 24.8 Å². The highest BCUT2D eigenvalue weighted by Gasteiger charge is 2.29. The number of fused-ring (bicyclic) bond motifs is 1. The Morgan fingerprint density at radius 2 is 2.26 bits per heavy atom. The summed E-state index contributed by atoms with van der Waals surface area (Å²) in [6, 6.07) is 0. The number of anilines is 1. The van der Waals surface area contributed by atoms with Crippen molar-refractivity contribution in [1.29, 1.82) is 0 Å². The second-order valence-electron chi connectivity index (χ2n) is 4.28. The fourth-order valence-corrected chi connectivity index (χ4v) is 2.25. The number of halogens is 2. The highest BCUT2D eigenvalue weighted by Crippen LogP contribution is 2.25. The SMILES string of the molecule is COC1CN(c2ncnc3nc(CCCl)[nH]c23)C1.Cl. The van der Waals surface area contributed by atoms with Crippen LogP contribution < -0.4 is 4.90 Å². The Bertz CT molecular complexity index is 555. The van der Waals surface area contributed by atoms with E-state index in [0.29, 0.717) is 24.1 Å². The molecule has 1 fully saturated rings. The van der Waals surface area contributed by atoms with Crippen LogP contribution in [0.2, 0.25) is 0 Å². The maximum absolute atomic E-state index is 5.72. The van der Waals surface area contributed by atoms with Crippen LogP contribution in [0.4, 0.5) is 5.82 Å². The number of rotatable bonds is 4. The summed E-state index contributed by atoms with van der Waals surface area (Å²) in [4.78, 5) is 18.3. The van der Waals surface area contributed by atoms with Gasteiger partial charge in [0.05, 0.1) is 6.10 Å². The van der Waals surface area contributed by atoms with Gasteiger partial charge in [0.2, 0.25) is 0 Å². The maximum Gasteiger partial charge on any atom is 0.183 e. The molecule has 104 valence electrons. The zero-order chi connectivity index (χ0) is 12.5. The lowest BCUT2D eigenvalue weighted by molar-refractivity contribution is 0.0784. The van der Waals surface area contributed by atoms with Crippen LogP contribution in [-0.4, -0.2) is 52.1 Å². The summed E-state index contributed by atoms with van der Waals surface area (Å²) < 4.78 is 5.27. The van der Waals surface area contributed by atoms with E-state index < -0.39 is 0 Å². The summed E-state index contributed by atoms with van der Waals surface area (Å²) in [6.07, 6.45) is 2.54. The van der Waals surface area contributed by atoms with Crippen molar-refractivity contribution in [1.82, 2.24) is 19.9 Å². The average Bonchev–Trinajstić information content (AvgIpc) is 2.71. The van der Waals surface area contributed by atoms with E-state index in [-0.39, 0.29) is 12.4 Å². The van der Waals surface area contributed by atoms with E-state index >= 15 is 0 Å². The van der Waals surface area contributed by atoms with Gasteiger partial charge in [-0.3, -0.25) is 0 Å². The standard InChI is InChI=1S/C11H14ClN5O.ClH/c1-18-7-4-17(5-7)11-9-10(13-6-14-11)16-8(15-9)2-3-12;/h6-7H,2-5H2,1H3,(H,13,14,15,16);1H. The maximum atomic E-state index is 5.72. The summed E-state index contributed by atoms with van der Waals surface area (Å²) in [5, 5.41) is 0. The lowest BCUT2D eigenvalue weighted by Crippen LogP contribution is -2.52. The predicted molar refractivity (Wildman–Crippen MR) is 76.4 cm³/mol. The first-order chi connectivity index (χ1) is 8.81. The smallest absolute Gasteiger partial charge is 0.183 e. The molecule has 19 heavy (non-hydrogen) atoms. The Hall–Kier alpha value is -1.11. The van der Waals surface area contributed by atoms with E-state index in [9.17, 15) is 0 Å². The minimum absolute atomic E-state index is 0. The summed E-state index contributed by atoms with van der Waals surface area (Å²) in [6.45, 7) is 1.71. The van der Waals surface area contributed by atoms with Crippen molar-refractivity contribution in [2.45, 2.75) is 12.5 Å². The molecule has 1 saturated heterocycles. The van der Waals surface area contributed by atoms with Crippen LogP contribution in [0.25, 0.3) is 11.2 Å². The molecule has 0 radical (unpaired) electrons. The fourth-order valence-electron chi connectivity index (χ4n) is 2.07. The third-order valence-electron chi connectivity index (χ3n) is 3.13. The van der Waals surface area contributed by atoms with Gasteiger partial charge in [0.15, 0.2) is 11.5 Å². The molecule has 0 bridgehead atoms. The van der Waals surface area contributed by atoms with Crippen LogP contribution >= 0.6 is 24.0 Å². The zero-order valence-electron chi connectivity index (χ0n) is 10.5. The second-order valence-corrected chi connectivity index (χ2v) is 4.66. The van der Waals surface area contributed by atoms with Gasteiger partial charge in [-0.25, -0.2) is 15.0 Å². The number of imidazole rings is 1. The van der Waals surface area contributed by atoms with E-state index in [1.165, 1.54) is 0 Å². The van der Waals surface area contributed by atoms with Gasteiger partial charge < -0.3 is 14.6 Å². The molecular formula is C11H15Cl2N5O. The minimum atomic E-state index is 0. The number of methoxy groups -OCH3 is 1. The normalized spacial score (nSPS) is 15.4. The van der Waals surface area contributed by atoms with Crippen LogP contribution in [-0.2, 0) is 11.2 Å². The number of H-pyrrole nitrogens is 1. The highest BCUT2D eigenvalue weighted by atomic mass is 35.5. The molecule has 6 nitrogen and oxygen atoms in total. The molecule has 2 aromatic rings. The first-order valence-corrected chi connectivity index (χ1v) is 6.38. The monoisotopic (exact) mass is 303 g/mol. The number of hydrogen-bond acceptors (Lipinski definition) is 5. The number of nitrogens with zero attached hydrogens (tertiary/aromatic N) is 4. The molecule has 3 rings (SSSR count). The molecule has 0 spiro atoms. The molecule has 0 saturated carbocycles. The van der Waals surface area contributed by atoms with Gasteiger partial charge in [-0.1, -0.05) is 0 Å². The lowest BCUT2D eigenvalue weighted by atomic mass is 10.1. The zero-order valence-corrected chi connectivity index (χ0v) is 12.0. The van der Waals surface area contributed by atoms with Gasteiger partial charge >= 0.3 is 0 Å². The molecule has 8 heteroatoms. The van der Waals surface area contributed by atoms with Crippen molar-refractivity contribution in [2.75, 3.05) is 31.0 Å². The molecular weight excluding hydrogens is 289 g/mol. The molecule has 0 unspecified atom stereocenters. The third kappa shape index (κ3) is 2.61. The first-order valence-electron chi connectivity index (χ1n) is 5.85. The second kappa shape index (κ2) is 5.90. The average molecular weight is 304 g/mol. The Balaban J connectivity index is 0.00000133. The summed E-state index contributed by atoms with van der Waals surface area (Å²) in [7, 11) is 1.73. The van der Waals surface area contributed by atoms with Crippen molar-refractivity contribution < 1.29 is 4.74 Å². The van der Waals surface area contributed by atoms with E-state index in [4.69, 9.17) is 16.3 Å². The molecule has 0 aliphatic carbocycles. The number of aryl methyl sites for hydroxylation is 1. The topological polar surface area (TPSA) is 66.9 Å². The molecule has 1 aliphatic heterocycles. The van der Waals surface area contributed by atoms with Crippen LogP contribution in [0.5, 0.6) is 0 Å². The number of alkyl halides is 1. The Morgan fingerprint density at radius 3 is 2.95 bits per heavy atom. The molecule has 0 amide bonds. The van der Waals surface area contributed by atoms with Crippen molar-refractivity contribution in [3.63, 3.8) is 0 Å². The van der Waals surface area contributed by atoms with Gasteiger partial charge in [-0.05, 0) is 0 Å². The number of aromatic amines is 1. The fraction of sp³-hybridized carbons (Fsp3) is 0.545. The number of ether oxygens (including phenoxy) is 1. The van der Waals surface area contributed by atoms with Gasteiger partial charge in [0.25, 0.3) is 0 Å². The van der Waals surface area contributed by atoms with Crippen molar-refractivity contribution in [3.8, 4) is 0 Å². The molecule has 3 heterocycles. The summed E-state index contributed by atoms with van der Waals surface area (Å²) >= 11 is 5.72. The first kappa shape index (κ1) is 14.3. The van der Waals surface area contributed by atoms with E-state index in [0.717, 1.165) is 30.2 Å². The van der Waals surface area contributed by atoms with Crippen LogP contribution in [0, 0.1) is 0 Å². The van der Waals surface area contributed by atoms with Crippen molar-refractivity contribution in [3.05, 3.63) is 12.2 Å². The number of nitrogens with one attached hydrogen (secondary N) is 1. The molecule has 0 atom stereocenters. The van der Waals surface area contributed by atoms with Gasteiger partial charge in [-0.2, -0.15) is 0 Å². The van der Waals surface area contributed by atoms with Gasteiger partial charge in [-0.15, -0.1) is 24.0 Å². The quantitative estimate of drug-likeness (QED) is 0.865. The number of aromatic nitrogens is 4. The van der Waals surface area contributed by atoms with Crippen molar-refractivity contribution in [2.24, 2.45) is 0 Å². The van der Waals surface area contributed by atoms with Crippen molar-refractivity contribution >= 4 is 41.0 Å². The van der Waals surface area contributed by atoms with Gasteiger partial charge in [0.1, 0.15) is 17.7 Å². The van der Waals surface area contributed by atoms with E-state index in [1.807, 2.05) is 0 Å². The highest BCUT2D eigenvalue weighted by molar-refractivity contribution is 6.17. The minimum Gasteiger partial charge on any atom is -0.378 e. The molecule has 1 aliphatic rings. The molecule has 0 aromatic carbocycles. The summed E-state index contributed by atoms with van der Waals surface area (Å²) in [5.41, 5.74) is 1.58. The van der Waals surface area contributed by atoms with Crippen LogP contribution in [0.3, 0.4) is 0 Å². The predicted octanol–water partition coefficient (Wildman–Crippen LogP) is 1.39. The third-order valence-corrected chi connectivity index (χ3v) is 3.32. The number of hydrogen-bond donors (Lipinski definition) is 1. The van der Waals surface area contributed by atoms with Gasteiger partial charge in [0, 0.05) is 32.5 Å². The Morgan fingerprint density at radius 1 is 1.47 bits per heavy atom. The lowest BCUT2D eigenvalue weighted by Gasteiger charge is -2.38. The molecule has 2 aromatic heterocycles. The molecule has 1 N–H and O–H groups in total. The van der Waals surface area contributed by atoms with Crippen LogP contribution in [0.15, 0.2) is 6.33 Å². The summed E-state index contributed by atoms with van der Waals surface area (Å²) in [5.74, 6) is 2.28. The van der Waals surface area contributed by atoms with E-state index in [1.54, 1.807) is 13.4 Å².